The van der Waals surface area contributed by atoms with E-state index in [2.05, 4.69) is 150 Å². The van der Waals surface area contributed by atoms with Gasteiger partial charge in [0.05, 0.1) is 0 Å². The van der Waals surface area contributed by atoms with Crippen LogP contribution < -0.4 is 15.6 Å². The predicted octanol–water partition coefficient (Wildman–Crippen LogP) is 5.66. The fraction of sp³-hybridized carbons (Fsp3) is 0.333. The van der Waals surface area contributed by atoms with Gasteiger partial charge in [-0.3, -0.25) is 0 Å². The van der Waals surface area contributed by atoms with Crippen LogP contribution in [-0.2, 0) is 16.5 Å². The second kappa shape index (κ2) is 11.1. The standard InChI is InChI=1S/C27H42O4Si5/c1-32(2,3)28-33(4,5)29-34(6,7)30-35(8,9)31-36(25-19-13-10-14-20-25,26-21-15-11-16-22-26)27-23-17-12-18-24-27/h10-24H,1-9H3. The molecule has 0 spiro atoms. The Bertz CT molecular complexity index is 1000. The average molecular weight is 571 g/mol. The highest BCUT2D eigenvalue weighted by Gasteiger charge is 2.50. The molecule has 0 amide bonds. The van der Waals surface area contributed by atoms with E-state index in [0.717, 1.165) is 0 Å². The first-order valence-corrected chi connectivity index (χ1v) is 26.4. The first-order chi connectivity index (χ1) is 16.6. The van der Waals surface area contributed by atoms with Gasteiger partial charge in [0.25, 0.3) is 8.32 Å². The van der Waals surface area contributed by atoms with E-state index in [1.54, 1.807) is 0 Å². The van der Waals surface area contributed by atoms with Crippen molar-refractivity contribution in [3.63, 3.8) is 0 Å². The van der Waals surface area contributed by atoms with Gasteiger partial charge in [-0.15, -0.1) is 0 Å². The third kappa shape index (κ3) is 7.79. The molecule has 0 N–H and O–H groups in total. The molecule has 4 nitrogen and oxygen atoms in total. The Kier molecular flexibility index (Phi) is 9.02. The van der Waals surface area contributed by atoms with Gasteiger partial charge in [0.15, 0.2) is 8.32 Å². The van der Waals surface area contributed by atoms with E-state index in [4.69, 9.17) is 16.5 Å². The van der Waals surface area contributed by atoms with Crippen molar-refractivity contribution < 1.29 is 16.5 Å². The Hall–Kier alpha value is -1.42. The summed E-state index contributed by atoms with van der Waals surface area (Å²) in [6, 6.07) is 32.0. The van der Waals surface area contributed by atoms with Crippen LogP contribution in [0.3, 0.4) is 0 Å². The van der Waals surface area contributed by atoms with E-state index in [9.17, 15) is 0 Å². The minimum absolute atomic E-state index is 1.21. The van der Waals surface area contributed by atoms with E-state index >= 15 is 0 Å². The molecular formula is C27H42O4Si5. The largest absolute Gasteiger partial charge is 0.437 e. The molecule has 3 aromatic carbocycles. The van der Waals surface area contributed by atoms with Crippen LogP contribution in [0.1, 0.15) is 0 Å². The third-order valence-corrected chi connectivity index (χ3v) is 24.4. The highest BCUT2D eigenvalue weighted by Crippen LogP contribution is 2.26. The van der Waals surface area contributed by atoms with Crippen molar-refractivity contribution >= 4 is 57.9 Å². The van der Waals surface area contributed by atoms with Gasteiger partial charge in [-0.25, -0.2) is 0 Å². The Morgan fingerprint density at radius 1 is 0.361 bits per heavy atom. The van der Waals surface area contributed by atoms with Crippen LogP contribution in [0, 0.1) is 0 Å². The van der Waals surface area contributed by atoms with Crippen molar-refractivity contribution in [3.8, 4) is 0 Å². The summed E-state index contributed by atoms with van der Waals surface area (Å²) in [7, 11) is -12.2. The van der Waals surface area contributed by atoms with Gasteiger partial charge in [-0.05, 0) is 74.5 Å². The molecule has 0 fully saturated rings. The molecule has 0 aliphatic rings. The molecule has 0 radical (unpaired) electrons. The van der Waals surface area contributed by atoms with Crippen molar-refractivity contribution in [2.24, 2.45) is 0 Å². The van der Waals surface area contributed by atoms with E-state index in [0.29, 0.717) is 0 Å². The molecule has 3 rings (SSSR count). The van der Waals surface area contributed by atoms with Gasteiger partial charge in [0.2, 0.25) is 0 Å². The zero-order chi connectivity index (χ0) is 26.7. The van der Waals surface area contributed by atoms with Crippen molar-refractivity contribution in [3.05, 3.63) is 91.0 Å². The van der Waals surface area contributed by atoms with Gasteiger partial charge < -0.3 is 16.5 Å². The van der Waals surface area contributed by atoms with E-state index in [-0.39, 0.29) is 0 Å². The normalized spacial score (nSPS) is 13.6. The van der Waals surface area contributed by atoms with Crippen molar-refractivity contribution in [2.45, 2.75) is 58.9 Å². The maximum atomic E-state index is 7.43. The topological polar surface area (TPSA) is 36.9 Å². The minimum atomic E-state index is -2.87. The van der Waals surface area contributed by atoms with E-state index < -0.39 is 42.3 Å². The number of hydrogen-bond acceptors (Lipinski definition) is 4. The zero-order valence-electron chi connectivity index (χ0n) is 23.3. The first-order valence-electron chi connectivity index (χ1n) is 12.6. The number of hydrogen-bond donors (Lipinski definition) is 0. The molecule has 0 bridgehead atoms. The number of benzene rings is 3. The summed E-state index contributed by atoms with van der Waals surface area (Å²) in [5, 5.41) is 3.64. The van der Waals surface area contributed by atoms with E-state index in [1.165, 1.54) is 15.6 Å². The highest BCUT2D eigenvalue weighted by molar-refractivity contribution is 7.10. The highest BCUT2D eigenvalue weighted by atomic mass is 28.5. The lowest BCUT2D eigenvalue weighted by atomic mass is 10.3. The molecule has 9 heteroatoms. The fourth-order valence-corrected chi connectivity index (χ4v) is 29.4. The summed E-state index contributed by atoms with van der Waals surface area (Å²) >= 11 is 0. The minimum Gasteiger partial charge on any atom is -0.437 e. The lowest BCUT2D eigenvalue weighted by Gasteiger charge is -2.44. The molecule has 0 heterocycles. The quantitative estimate of drug-likeness (QED) is 0.220. The Balaban J connectivity index is 2.05. The van der Waals surface area contributed by atoms with Crippen molar-refractivity contribution in [2.75, 3.05) is 0 Å². The van der Waals surface area contributed by atoms with Crippen LogP contribution in [0.15, 0.2) is 91.0 Å². The molecule has 36 heavy (non-hydrogen) atoms. The SMILES string of the molecule is C[Si](C)(C)O[Si](C)(C)O[Si](C)(C)O[Si](C)(C)O[Si](c1ccccc1)(c1ccccc1)c1ccccc1. The maximum absolute atomic E-state index is 7.43. The molecule has 3 aromatic rings. The maximum Gasteiger partial charge on any atom is 0.314 e. The average Bonchev–Trinajstić information content (AvgIpc) is 2.76. The van der Waals surface area contributed by atoms with Gasteiger partial charge in [0.1, 0.15) is 0 Å². The van der Waals surface area contributed by atoms with Crippen molar-refractivity contribution in [1.82, 2.24) is 0 Å². The van der Waals surface area contributed by atoms with Crippen LogP contribution in [0.25, 0.3) is 0 Å². The lowest BCUT2D eigenvalue weighted by Crippen LogP contribution is -2.73. The Morgan fingerprint density at radius 3 is 0.944 bits per heavy atom. The summed E-state index contributed by atoms with van der Waals surface area (Å²) in [5.41, 5.74) is 0. The summed E-state index contributed by atoms with van der Waals surface area (Å²) in [6.07, 6.45) is 0. The molecule has 0 unspecified atom stereocenters. The molecule has 0 aliphatic carbocycles. The second-order valence-electron chi connectivity index (χ2n) is 11.5. The molecule has 0 aromatic heterocycles. The van der Waals surface area contributed by atoms with Crippen LogP contribution in [0.2, 0.25) is 58.9 Å². The molecule has 194 valence electrons. The first kappa shape index (κ1) is 29.1. The van der Waals surface area contributed by atoms with Crippen LogP contribution in [0.4, 0.5) is 0 Å². The summed E-state index contributed by atoms with van der Waals surface area (Å²) in [6.45, 7) is 19.5. The summed E-state index contributed by atoms with van der Waals surface area (Å²) < 4.78 is 27.5. The molecular weight excluding hydrogens is 529 g/mol. The molecule has 0 aliphatic heterocycles. The van der Waals surface area contributed by atoms with Crippen LogP contribution >= 0.6 is 0 Å². The van der Waals surface area contributed by atoms with Crippen molar-refractivity contribution in [1.29, 1.82) is 0 Å². The molecule has 0 atom stereocenters. The third-order valence-electron chi connectivity index (χ3n) is 5.47. The van der Waals surface area contributed by atoms with Gasteiger partial charge in [-0.1, -0.05) is 91.0 Å². The molecule has 0 saturated carbocycles. The zero-order valence-corrected chi connectivity index (χ0v) is 28.3. The summed E-state index contributed by atoms with van der Waals surface area (Å²) in [4.78, 5) is 0. The lowest BCUT2D eigenvalue weighted by molar-refractivity contribution is 0.301. The second-order valence-corrected chi connectivity index (χ2v) is 30.5. The van der Waals surface area contributed by atoms with E-state index in [1.807, 2.05) is 0 Å². The summed E-state index contributed by atoms with van der Waals surface area (Å²) in [5.74, 6) is 0. The fourth-order valence-electron chi connectivity index (χ4n) is 5.05. The van der Waals surface area contributed by atoms with Gasteiger partial charge in [-0.2, -0.15) is 0 Å². The monoisotopic (exact) mass is 570 g/mol. The molecule has 0 saturated heterocycles. The number of rotatable bonds is 11. The Labute approximate surface area is 223 Å². The predicted molar refractivity (Wildman–Crippen MR) is 164 cm³/mol. The Morgan fingerprint density at radius 2 is 0.639 bits per heavy atom. The van der Waals surface area contributed by atoms with Gasteiger partial charge in [0, 0.05) is 0 Å². The smallest absolute Gasteiger partial charge is 0.314 e. The van der Waals surface area contributed by atoms with Crippen LogP contribution in [-0.4, -0.2) is 42.3 Å². The van der Waals surface area contributed by atoms with Crippen LogP contribution in [0.5, 0.6) is 0 Å². The van der Waals surface area contributed by atoms with Gasteiger partial charge >= 0.3 is 25.7 Å².